The topological polar surface area (TPSA) is 79.2 Å². The van der Waals surface area contributed by atoms with E-state index in [0.29, 0.717) is 0 Å². The Labute approximate surface area is 68.4 Å². The normalized spacial score (nSPS) is 69.8. The first-order valence-corrected chi connectivity index (χ1v) is 2.98. The summed E-state index contributed by atoms with van der Waals surface area (Å²) >= 11 is 0. The van der Waals surface area contributed by atoms with Gasteiger partial charge in [0.05, 0.1) is 10.7 Å². The molecular formula is C6H12O5. The Morgan fingerprint density at radius 3 is 2.64 bits per heavy atom. The molecule has 1 heterocycles. The number of hydrogen-bond acceptors (Lipinski definition) is 5. The maximum absolute atomic E-state index is 9.40. The summed E-state index contributed by atoms with van der Waals surface area (Å²) in [7, 11) is 1.11. The molecule has 0 aromatic carbocycles. The quantitative estimate of drug-likeness (QED) is 0.424. The number of aliphatic hydroxyl groups is 3. The Kier molecular flexibility index (Phi) is 1.72. The van der Waals surface area contributed by atoms with Crippen LogP contribution in [0, 0.1) is 0 Å². The molecule has 0 saturated carbocycles. The van der Waals surface area contributed by atoms with Crippen molar-refractivity contribution in [2.24, 2.45) is 0 Å². The van der Waals surface area contributed by atoms with Gasteiger partial charge in [-0.05, 0) is 0 Å². The van der Waals surface area contributed by atoms with Crippen molar-refractivity contribution < 1.29 is 28.9 Å². The van der Waals surface area contributed by atoms with Crippen molar-refractivity contribution >= 4 is 0 Å². The van der Waals surface area contributed by atoms with Crippen LogP contribution in [0.4, 0.5) is 0 Å². The molecule has 66 valence electrons. The van der Waals surface area contributed by atoms with E-state index in [-0.39, 0.29) is 0 Å². The summed E-state index contributed by atoms with van der Waals surface area (Å²) < 4.78 is 30.6. The summed E-state index contributed by atoms with van der Waals surface area (Å²) in [6.07, 6.45) is -10.4. The fourth-order valence-electron chi connectivity index (χ4n) is 0.741. The Morgan fingerprint density at radius 1 is 1.45 bits per heavy atom. The molecule has 0 radical (unpaired) electrons. The molecule has 4 atom stereocenters. The molecule has 1 saturated heterocycles. The minimum atomic E-state index is -3.11. The van der Waals surface area contributed by atoms with Gasteiger partial charge in [-0.15, -0.1) is 0 Å². The highest BCUT2D eigenvalue weighted by atomic mass is 16.7. The Hall–Kier alpha value is -0.200. The van der Waals surface area contributed by atoms with E-state index in [2.05, 4.69) is 9.47 Å². The van der Waals surface area contributed by atoms with Crippen LogP contribution >= 0.6 is 0 Å². The van der Waals surface area contributed by atoms with Crippen LogP contribution in [0.3, 0.4) is 0 Å². The average Bonchev–Trinajstić information content (AvgIpc) is 2.02. The van der Waals surface area contributed by atoms with Crippen molar-refractivity contribution in [2.45, 2.75) is 24.5 Å². The summed E-state index contributed by atoms with van der Waals surface area (Å²) in [6.45, 7) is -0.729. The van der Waals surface area contributed by atoms with Gasteiger partial charge >= 0.3 is 0 Å². The molecule has 5 heteroatoms. The fourth-order valence-corrected chi connectivity index (χ4v) is 0.741. The molecule has 1 aliphatic heterocycles. The van der Waals surface area contributed by atoms with Crippen molar-refractivity contribution in [2.75, 3.05) is 13.7 Å². The Morgan fingerprint density at radius 2 is 2.09 bits per heavy atom. The van der Waals surface area contributed by atoms with Crippen LogP contribution in [0.2, 0.25) is 0 Å². The number of hydrogen-bond donors (Lipinski definition) is 3. The average molecular weight is 167 g/mol. The molecule has 1 aliphatic rings. The Balaban J connectivity index is 3.06. The van der Waals surface area contributed by atoms with Gasteiger partial charge in [-0.3, -0.25) is 0 Å². The van der Waals surface area contributed by atoms with Gasteiger partial charge in [0.15, 0.2) is 6.29 Å². The van der Waals surface area contributed by atoms with E-state index in [4.69, 9.17) is 4.11 Å². The number of ether oxygens (including phenoxy) is 2. The van der Waals surface area contributed by atoms with Gasteiger partial charge in [-0.1, -0.05) is 0 Å². The van der Waals surface area contributed by atoms with Gasteiger partial charge in [0.1, 0.15) is 18.2 Å². The van der Waals surface area contributed by atoms with Crippen LogP contribution in [-0.4, -0.2) is 53.6 Å². The van der Waals surface area contributed by atoms with Crippen molar-refractivity contribution in [1.29, 1.82) is 0 Å². The maximum Gasteiger partial charge on any atom is 0.185 e. The summed E-state index contributed by atoms with van der Waals surface area (Å²) in [4.78, 5) is 0. The molecule has 1 rings (SSSR count). The fraction of sp³-hybridized carbons (Fsp3) is 1.00. The smallest absolute Gasteiger partial charge is 0.185 e. The van der Waals surface area contributed by atoms with E-state index in [1.807, 2.05) is 0 Å². The van der Waals surface area contributed by atoms with Crippen LogP contribution in [0.1, 0.15) is 4.11 Å². The third-order valence-corrected chi connectivity index (χ3v) is 1.32. The van der Waals surface area contributed by atoms with Crippen molar-refractivity contribution in [3.63, 3.8) is 0 Å². The van der Waals surface area contributed by atoms with Gasteiger partial charge < -0.3 is 24.8 Å². The zero-order valence-corrected chi connectivity index (χ0v) is 5.94. The maximum atomic E-state index is 9.40. The zero-order chi connectivity index (χ0) is 11.2. The van der Waals surface area contributed by atoms with Crippen molar-refractivity contribution in [1.82, 2.24) is 0 Å². The van der Waals surface area contributed by atoms with Crippen molar-refractivity contribution in [3.05, 3.63) is 0 Å². The van der Waals surface area contributed by atoms with Crippen molar-refractivity contribution in [3.8, 4) is 0 Å². The lowest BCUT2D eigenvalue weighted by atomic mass is 10.1. The van der Waals surface area contributed by atoms with E-state index in [9.17, 15) is 15.3 Å². The minimum absolute atomic E-state index is 0.729. The van der Waals surface area contributed by atoms with E-state index in [1.54, 1.807) is 0 Å². The first-order chi connectivity index (χ1) is 6.17. The number of methoxy groups -OCH3 is 1. The summed E-state index contributed by atoms with van der Waals surface area (Å²) in [5.41, 5.74) is 0. The molecule has 11 heavy (non-hydrogen) atoms. The second-order valence-electron chi connectivity index (χ2n) is 2.06. The third kappa shape index (κ3) is 1.69. The molecular weight excluding hydrogens is 152 g/mol. The predicted octanol–water partition coefficient (Wildman–Crippen LogP) is -1.93. The molecule has 0 bridgehead atoms. The first kappa shape index (κ1) is 5.45. The Bertz CT molecular complexity index is 230. The molecule has 5 nitrogen and oxygen atoms in total. The molecule has 0 spiro atoms. The van der Waals surface area contributed by atoms with Crippen LogP contribution in [0.25, 0.3) is 0 Å². The van der Waals surface area contributed by atoms with Crippen LogP contribution < -0.4 is 0 Å². The van der Waals surface area contributed by atoms with E-state index in [0.717, 1.165) is 7.11 Å². The monoisotopic (exact) mass is 167 g/mol. The lowest BCUT2D eigenvalue weighted by Gasteiger charge is -2.33. The van der Waals surface area contributed by atoms with Gasteiger partial charge in [0, 0.05) is 7.11 Å². The first-order valence-electron chi connectivity index (χ1n) is 4.48. The van der Waals surface area contributed by atoms with Crippen LogP contribution in [-0.2, 0) is 9.47 Å². The summed E-state index contributed by atoms with van der Waals surface area (Å²) in [5.74, 6) is 0. The number of rotatable bonds is 1. The van der Waals surface area contributed by atoms with E-state index < -0.39 is 31.1 Å². The summed E-state index contributed by atoms with van der Waals surface area (Å²) in [5, 5.41) is 28.0. The largest absolute Gasteiger partial charge is 0.388 e. The highest BCUT2D eigenvalue weighted by molar-refractivity contribution is 4.81. The van der Waals surface area contributed by atoms with Gasteiger partial charge in [-0.25, -0.2) is 0 Å². The second-order valence-corrected chi connectivity index (χ2v) is 2.06. The molecule has 0 unspecified atom stereocenters. The molecule has 3 N–H and O–H groups in total. The molecule has 1 fully saturated rings. The third-order valence-electron chi connectivity index (χ3n) is 1.32. The van der Waals surface area contributed by atoms with E-state index in [1.165, 1.54) is 0 Å². The lowest BCUT2D eigenvalue weighted by molar-refractivity contribution is -0.261. The standard InChI is InChI=1S/C6H12O5/c1-10-6-5(9)4(8)3(7)2-11-6/h3-9H,2H2,1H3/t3-,4-,5+,6-/m1/s1/i3D,4D,5D. The van der Waals surface area contributed by atoms with Crippen LogP contribution in [0.5, 0.6) is 0 Å². The highest BCUT2D eigenvalue weighted by Crippen LogP contribution is 2.15. The molecule has 0 amide bonds. The van der Waals surface area contributed by atoms with Crippen LogP contribution in [0.15, 0.2) is 0 Å². The van der Waals surface area contributed by atoms with E-state index >= 15 is 0 Å². The van der Waals surface area contributed by atoms with Gasteiger partial charge in [-0.2, -0.15) is 0 Å². The molecule has 0 aliphatic carbocycles. The zero-order valence-electron chi connectivity index (χ0n) is 8.94. The predicted molar refractivity (Wildman–Crippen MR) is 34.8 cm³/mol. The lowest BCUT2D eigenvalue weighted by Crippen LogP contribution is -2.53. The highest BCUT2D eigenvalue weighted by Gasteiger charge is 2.37. The minimum Gasteiger partial charge on any atom is -0.388 e. The van der Waals surface area contributed by atoms with Gasteiger partial charge in [0.2, 0.25) is 0 Å². The SMILES string of the molecule is [2H][C@@]1(O)[C@]([2H])(O)CO[C@@H](OC)[C@@]1([2H])O. The summed E-state index contributed by atoms with van der Waals surface area (Å²) in [6, 6.07) is 0. The molecule has 0 aromatic heterocycles. The van der Waals surface area contributed by atoms with Gasteiger partial charge in [0.25, 0.3) is 0 Å². The second kappa shape index (κ2) is 3.46. The molecule has 0 aromatic rings.